The predicted octanol–water partition coefficient (Wildman–Crippen LogP) is 3.66. The molecule has 0 spiro atoms. The van der Waals surface area contributed by atoms with Crippen molar-refractivity contribution in [2.24, 2.45) is 0 Å². The molecule has 0 atom stereocenters. The second-order valence-corrected chi connectivity index (χ2v) is 7.62. The van der Waals surface area contributed by atoms with E-state index in [1.54, 1.807) is 24.3 Å². The molecule has 2 amide bonds. The lowest BCUT2D eigenvalue weighted by Gasteiger charge is -2.11. The van der Waals surface area contributed by atoms with E-state index in [2.05, 4.69) is 15.7 Å². The van der Waals surface area contributed by atoms with E-state index in [0.717, 1.165) is 33.5 Å². The van der Waals surface area contributed by atoms with Crippen molar-refractivity contribution < 1.29 is 14.3 Å². The maximum Gasteiger partial charge on any atom is 0.250 e. The second kappa shape index (κ2) is 9.15. The Labute approximate surface area is 185 Å². The molecule has 0 saturated carbocycles. The fourth-order valence-electron chi connectivity index (χ4n) is 3.77. The van der Waals surface area contributed by atoms with Gasteiger partial charge in [0.25, 0.3) is 0 Å². The number of nitrogens with zero attached hydrogens (tertiary/aromatic N) is 3. The number of aryl methyl sites for hydroxylation is 2. The molecule has 2 aromatic heterocycles. The van der Waals surface area contributed by atoms with Crippen LogP contribution in [0.1, 0.15) is 23.4 Å². The van der Waals surface area contributed by atoms with Gasteiger partial charge in [-0.1, -0.05) is 12.1 Å². The Morgan fingerprint density at radius 3 is 2.31 bits per heavy atom. The van der Waals surface area contributed by atoms with Gasteiger partial charge in [0, 0.05) is 41.7 Å². The van der Waals surface area contributed by atoms with Crippen LogP contribution < -0.4 is 10.6 Å². The smallest absolute Gasteiger partial charge is 0.250 e. The third-order valence-corrected chi connectivity index (χ3v) is 5.35. The summed E-state index contributed by atoms with van der Waals surface area (Å²) in [6.45, 7) is 3.97. The van der Waals surface area contributed by atoms with Crippen LogP contribution in [0, 0.1) is 13.8 Å². The topological polar surface area (TPSA) is 97.6 Å². The lowest BCUT2D eigenvalue weighted by atomic mass is 10.1. The predicted molar refractivity (Wildman–Crippen MR) is 124 cm³/mol. The van der Waals surface area contributed by atoms with E-state index < -0.39 is 0 Å². The second-order valence-electron chi connectivity index (χ2n) is 7.62. The average molecular weight is 431 g/mol. The maximum atomic E-state index is 12.5. The van der Waals surface area contributed by atoms with Crippen molar-refractivity contribution in [2.75, 3.05) is 24.4 Å². The van der Waals surface area contributed by atoms with E-state index in [1.807, 2.05) is 42.6 Å². The van der Waals surface area contributed by atoms with Crippen LogP contribution in [0.3, 0.4) is 0 Å². The lowest BCUT2D eigenvalue weighted by molar-refractivity contribution is -0.119. The van der Waals surface area contributed by atoms with Gasteiger partial charge in [0.05, 0.1) is 5.52 Å². The molecule has 2 heterocycles. The van der Waals surface area contributed by atoms with E-state index in [9.17, 15) is 9.59 Å². The van der Waals surface area contributed by atoms with Gasteiger partial charge in [-0.2, -0.15) is 5.10 Å². The summed E-state index contributed by atoms with van der Waals surface area (Å²) >= 11 is 0. The molecule has 0 saturated heterocycles. The van der Waals surface area contributed by atoms with E-state index in [0.29, 0.717) is 24.2 Å². The Balaban J connectivity index is 1.42. The van der Waals surface area contributed by atoms with Crippen LogP contribution in [0.25, 0.3) is 16.6 Å². The molecule has 0 radical (unpaired) electrons. The van der Waals surface area contributed by atoms with Gasteiger partial charge >= 0.3 is 0 Å². The number of methoxy groups -OCH3 is 1. The fraction of sp³-hybridized carbons (Fsp3) is 0.250. The summed E-state index contributed by atoms with van der Waals surface area (Å²) in [4.78, 5) is 28.8. The van der Waals surface area contributed by atoms with Gasteiger partial charge in [0.15, 0.2) is 5.65 Å². The quantitative estimate of drug-likeness (QED) is 0.465. The van der Waals surface area contributed by atoms with Crippen LogP contribution in [0.15, 0.2) is 48.5 Å². The molecule has 164 valence electrons. The molecule has 2 N–H and O–H groups in total. The van der Waals surface area contributed by atoms with Crippen LogP contribution in [0.4, 0.5) is 11.4 Å². The molecule has 0 bridgehead atoms. The van der Waals surface area contributed by atoms with E-state index >= 15 is 0 Å². The Bertz CT molecular complexity index is 1290. The number of anilines is 2. The number of hydrogen-bond donors (Lipinski definition) is 2. The molecular weight excluding hydrogens is 406 g/mol. The largest absolute Gasteiger partial charge is 0.375 e. The van der Waals surface area contributed by atoms with E-state index in [1.165, 1.54) is 7.11 Å². The van der Waals surface area contributed by atoms with Gasteiger partial charge < -0.3 is 15.4 Å². The Morgan fingerprint density at radius 2 is 1.62 bits per heavy atom. The lowest BCUT2D eigenvalue weighted by Crippen LogP contribution is -2.17. The van der Waals surface area contributed by atoms with E-state index in [4.69, 9.17) is 9.72 Å². The highest BCUT2D eigenvalue weighted by Gasteiger charge is 2.15. The van der Waals surface area contributed by atoms with Crippen molar-refractivity contribution in [3.8, 4) is 0 Å². The number of rotatable bonds is 7. The number of aromatic nitrogens is 3. The van der Waals surface area contributed by atoms with Crippen LogP contribution in [0.2, 0.25) is 0 Å². The summed E-state index contributed by atoms with van der Waals surface area (Å²) in [5.74, 6) is -0.323. The molecular formula is C24H25N5O3. The Hall–Kier alpha value is -3.78. The normalized spacial score (nSPS) is 11.1. The number of nitrogens with one attached hydrogen (secondary N) is 2. The number of hydrogen-bond acceptors (Lipinski definition) is 5. The first kappa shape index (κ1) is 21.5. The fourth-order valence-corrected chi connectivity index (χ4v) is 3.77. The first-order valence-corrected chi connectivity index (χ1v) is 10.4. The minimum Gasteiger partial charge on any atom is -0.375 e. The number of benzene rings is 2. The average Bonchev–Trinajstić information content (AvgIpc) is 3.14. The first-order valence-electron chi connectivity index (χ1n) is 10.4. The molecule has 0 unspecified atom stereocenters. The van der Waals surface area contributed by atoms with Gasteiger partial charge in [0.1, 0.15) is 6.61 Å². The number of ether oxygens (including phenoxy) is 1. The van der Waals surface area contributed by atoms with Crippen LogP contribution >= 0.6 is 0 Å². The Morgan fingerprint density at radius 1 is 0.969 bits per heavy atom. The number of amides is 2. The summed E-state index contributed by atoms with van der Waals surface area (Å²) in [5.41, 5.74) is 5.97. The van der Waals surface area contributed by atoms with Crippen molar-refractivity contribution in [2.45, 2.75) is 26.7 Å². The van der Waals surface area contributed by atoms with Crippen LogP contribution in [0.5, 0.6) is 0 Å². The summed E-state index contributed by atoms with van der Waals surface area (Å²) in [6.07, 6.45) is 0.885. The molecule has 2 aromatic carbocycles. The third-order valence-electron chi connectivity index (χ3n) is 5.35. The summed E-state index contributed by atoms with van der Waals surface area (Å²) in [7, 11) is 1.46. The molecule has 32 heavy (non-hydrogen) atoms. The number of carbonyl (C=O) groups excluding carboxylic acids is 2. The van der Waals surface area contributed by atoms with Gasteiger partial charge in [-0.25, -0.2) is 9.50 Å². The van der Waals surface area contributed by atoms with E-state index in [-0.39, 0.29) is 18.4 Å². The van der Waals surface area contributed by atoms with Crippen molar-refractivity contribution >= 4 is 39.7 Å². The zero-order valence-corrected chi connectivity index (χ0v) is 18.3. The molecule has 0 fully saturated rings. The van der Waals surface area contributed by atoms with Gasteiger partial charge in [0.2, 0.25) is 11.8 Å². The van der Waals surface area contributed by atoms with Crippen molar-refractivity contribution in [3.63, 3.8) is 0 Å². The molecule has 0 aliphatic heterocycles. The minimum atomic E-state index is -0.231. The van der Waals surface area contributed by atoms with Gasteiger partial charge in [-0.15, -0.1) is 0 Å². The van der Waals surface area contributed by atoms with Crippen molar-refractivity contribution in [3.05, 3.63) is 65.5 Å². The zero-order chi connectivity index (χ0) is 22.7. The third kappa shape index (κ3) is 4.45. The van der Waals surface area contributed by atoms with Gasteiger partial charge in [-0.3, -0.25) is 9.59 Å². The van der Waals surface area contributed by atoms with Crippen molar-refractivity contribution in [1.82, 2.24) is 14.6 Å². The molecule has 4 rings (SSSR count). The minimum absolute atomic E-state index is 0.00741. The highest BCUT2D eigenvalue weighted by molar-refractivity contribution is 5.94. The monoisotopic (exact) mass is 431 g/mol. The summed E-state index contributed by atoms with van der Waals surface area (Å²) in [5, 5.41) is 11.3. The Kier molecular flexibility index (Phi) is 6.13. The highest BCUT2D eigenvalue weighted by Crippen LogP contribution is 2.23. The summed E-state index contributed by atoms with van der Waals surface area (Å²) in [6, 6.07) is 14.9. The maximum absolute atomic E-state index is 12.5. The molecule has 4 aromatic rings. The van der Waals surface area contributed by atoms with Crippen molar-refractivity contribution in [1.29, 1.82) is 0 Å². The molecule has 8 heteroatoms. The zero-order valence-electron chi connectivity index (χ0n) is 18.3. The summed E-state index contributed by atoms with van der Waals surface area (Å²) < 4.78 is 6.65. The standard InChI is InChI=1S/C24H25N5O3/c1-15-19(16(2)29-24(25-15)20-6-4-5-7-21(20)28-29)12-13-22(30)26-17-8-10-18(11-9-17)27-23(31)14-32-3/h4-11H,12-14H2,1-3H3,(H,26,30)(H,27,31). The SMILES string of the molecule is COCC(=O)Nc1ccc(NC(=O)CCc2c(C)nc3c4ccccc4nn3c2C)cc1. The molecule has 8 nitrogen and oxygen atoms in total. The molecule has 0 aliphatic carbocycles. The molecule has 0 aliphatic rings. The van der Waals surface area contributed by atoms with Gasteiger partial charge in [-0.05, 0) is 62.2 Å². The van der Waals surface area contributed by atoms with Crippen LogP contribution in [-0.4, -0.2) is 40.1 Å². The number of fused-ring (bicyclic) bond motifs is 3. The van der Waals surface area contributed by atoms with Crippen LogP contribution in [-0.2, 0) is 20.7 Å². The number of carbonyl (C=O) groups is 2. The highest BCUT2D eigenvalue weighted by atomic mass is 16.5. The first-order chi connectivity index (χ1) is 15.5.